The molecule has 4 heteroatoms. The molecule has 1 atom stereocenters. The van der Waals surface area contributed by atoms with Gasteiger partial charge in [0.1, 0.15) is 6.07 Å². The van der Waals surface area contributed by atoms with Gasteiger partial charge in [0.25, 0.3) is 0 Å². The first-order valence-corrected chi connectivity index (χ1v) is 8.87. The molecule has 0 N–H and O–H groups in total. The Bertz CT molecular complexity index is 336. The van der Waals surface area contributed by atoms with Crippen LogP contribution in [0.5, 0.6) is 0 Å². The van der Waals surface area contributed by atoms with Gasteiger partial charge in [-0.3, -0.25) is 0 Å². The van der Waals surface area contributed by atoms with E-state index in [1.54, 1.807) is 11.3 Å². The molecule has 1 rings (SSSR count). The number of hydrogen-bond acceptors (Lipinski definition) is 3. The van der Waals surface area contributed by atoms with Crippen LogP contribution in [0.2, 0.25) is 19.6 Å². The largest absolute Gasteiger partial charge is 0.397 e. The Labute approximate surface area is 90.3 Å². The standard InChI is InChI=1S/C10H15NOSSi/c1-10(8-11,12-14(2,3)4)9-5-6-13-7-9/h5-7H,1-4H3/t10-/m1/s1. The molecule has 14 heavy (non-hydrogen) atoms. The van der Waals surface area contributed by atoms with Gasteiger partial charge in [-0.05, 0) is 43.4 Å². The Kier molecular flexibility index (Phi) is 3.15. The minimum absolute atomic E-state index is 0.773. The normalized spacial score (nSPS) is 15.9. The zero-order chi connectivity index (χ0) is 10.8. The SMILES string of the molecule is C[C@](C#N)(O[Si](C)(C)C)c1ccsc1. The molecule has 1 heterocycles. The van der Waals surface area contributed by atoms with Gasteiger partial charge in [0, 0.05) is 5.56 Å². The molecule has 0 spiro atoms. The molecule has 0 radical (unpaired) electrons. The lowest BCUT2D eigenvalue weighted by molar-refractivity contribution is 0.141. The van der Waals surface area contributed by atoms with Crippen molar-refractivity contribution in [2.75, 3.05) is 0 Å². The van der Waals surface area contributed by atoms with Gasteiger partial charge in [0.05, 0.1) is 0 Å². The van der Waals surface area contributed by atoms with Crippen LogP contribution in [0, 0.1) is 11.3 Å². The predicted octanol–water partition coefficient (Wildman–Crippen LogP) is 3.34. The van der Waals surface area contributed by atoms with Crippen molar-refractivity contribution in [2.24, 2.45) is 0 Å². The molecule has 0 unspecified atom stereocenters. The molecule has 0 aromatic carbocycles. The van der Waals surface area contributed by atoms with Gasteiger partial charge in [0.15, 0.2) is 13.9 Å². The molecular weight excluding hydrogens is 210 g/mol. The van der Waals surface area contributed by atoms with E-state index in [4.69, 9.17) is 4.43 Å². The van der Waals surface area contributed by atoms with E-state index in [1.807, 2.05) is 23.8 Å². The molecule has 0 aliphatic carbocycles. The van der Waals surface area contributed by atoms with E-state index in [0.29, 0.717) is 0 Å². The minimum atomic E-state index is -1.69. The van der Waals surface area contributed by atoms with Crippen LogP contribution in [-0.4, -0.2) is 8.32 Å². The third-order valence-corrected chi connectivity index (χ3v) is 3.50. The maximum absolute atomic E-state index is 9.17. The van der Waals surface area contributed by atoms with E-state index < -0.39 is 13.9 Å². The molecule has 76 valence electrons. The van der Waals surface area contributed by atoms with Crippen LogP contribution in [0.15, 0.2) is 16.8 Å². The fraction of sp³-hybridized carbons (Fsp3) is 0.500. The van der Waals surface area contributed by atoms with Crippen molar-refractivity contribution in [3.8, 4) is 6.07 Å². The Balaban J connectivity index is 2.95. The lowest BCUT2D eigenvalue weighted by atomic mass is 10.0. The Morgan fingerprint density at radius 2 is 2.14 bits per heavy atom. The number of rotatable bonds is 3. The van der Waals surface area contributed by atoms with Gasteiger partial charge < -0.3 is 4.43 Å². The Morgan fingerprint density at radius 3 is 2.50 bits per heavy atom. The molecular formula is C10H15NOSSi. The van der Waals surface area contributed by atoms with E-state index in [0.717, 1.165) is 5.56 Å². The monoisotopic (exact) mass is 225 g/mol. The fourth-order valence-electron chi connectivity index (χ4n) is 1.29. The summed E-state index contributed by atoms with van der Waals surface area (Å²) in [7, 11) is -1.69. The second-order valence-corrected chi connectivity index (χ2v) is 9.58. The van der Waals surface area contributed by atoms with Gasteiger partial charge in [-0.25, -0.2) is 0 Å². The molecule has 2 nitrogen and oxygen atoms in total. The summed E-state index contributed by atoms with van der Waals surface area (Å²) in [6, 6.07) is 4.21. The van der Waals surface area contributed by atoms with Gasteiger partial charge in [-0.2, -0.15) is 16.6 Å². The van der Waals surface area contributed by atoms with Crippen LogP contribution >= 0.6 is 11.3 Å². The summed E-state index contributed by atoms with van der Waals surface area (Å²) < 4.78 is 5.90. The Morgan fingerprint density at radius 1 is 1.50 bits per heavy atom. The van der Waals surface area contributed by atoms with Gasteiger partial charge in [0.2, 0.25) is 0 Å². The van der Waals surface area contributed by atoms with Crippen molar-refractivity contribution in [3.63, 3.8) is 0 Å². The average molecular weight is 225 g/mol. The van der Waals surface area contributed by atoms with Crippen LogP contribution in [0.1, 0.15) is 12.5 Å². The van der Waals surface area contributed by atoms with Crippen molar-refractivity contribution < 1.29 is 4.43 Å². The second-order valence-electron chi connectivity index (χ2n) is 4.37. The third-order valence-electron chi connectivity index (χ3n) is 1.80. The van der Waals surface area contributed by atoms with Crippen molar-refractivity contribution in [2.45, 2.75) is 32.2 Å². The van der Waals surface area contributed by atoms with Crippen LogP contribution in [-0.2, 0) is 10.0 Å². The van der Waals surface area contributed by atoms with Crippen LogP contribution in [0.3, 0.4) is 0 Å². The number of nitriles is 1. The maximum atomic E-state index is 9.17. The molecule has 0 bridgehead atoms. The van der Waals surface area contributed by atoms with Gasteiger partial charge >= 0.3 is 0 Å². The van der Waals surface area contributed by atoms with Gasteiger partial charge in [-0.15, -0.1) is 0 Å². The van der Waals surface area contributed by atoms with Crippen molar-refractivity contribution in [1.82, 2.24) is 0 Å². The molecule has 0 aliphatic rings. The average Bonchev–Trinajstić information content (AvgIpc) is 2.53. The van der Waals surface area contributed by atoms with Crippen molar-refractivity contribution >= 4 is 19.7 Å². The van der Waals surface area contributed by atoms with E-state index >= 15 is 0 Å². The minimum Gasteiger partial charge on any atom is -0.397 e. The molecule has 0 fully saturated rings. The number of hydrogen-bond donors (Lipinski definition) is 0. The van der Waals surface area contributed by atoms with E-state index in [-0.39, 0.29) is 0 Å². The highest BCUT2D eigenvalue weighted by molar-refractivity contribution is 7.08. The first-order valence-electron chi connectivity index (χ1n) is 4.51. The summed E-state index contributed by atoms with van der Waals surface area (Å²) in [5, 5.41) is 13.1. The molecule has 1 aromatic heterocycles. The lowest BCUT2D eigenvalue weighted by Gasteiger charge is -2.29. The second kappa shape index (κ2) is 3.85. The first-order chi connectivity index (χ1) is 6.37. The number of thiophene rings is 1. The van der Waals surface area contributed by atoms with Crippen LogP contribution in [0.4, 0.5) is 0 Å². The molecule has 0 amide bonds. The molecule has 0 aliphatic heterocycles. The van der Waals surface area contributed by atoms with Crippen molar-refractivity contribution in [1.29, 1.82) is 5.26 Å². The Hall–Kier alpha value is -0.633. The summed E-state index contributed by atoms with van der Waals surface area (Å²) in [6.45, 7) is 8.12. The quantitative estimate of drug-likeness (QED) is 0.739. The summed E-state index contributed by atoms with van der Waals surface area (Å²) in [6.07, 6.45) is 0. The molecule has 0 saturated heterocycles. The van der Waals surface area contributed by atoms with Gasteiger partial charge in [-0.1, -0.05) is 0 Å². The zero-order valence-corrected chi connectivity index (χ0v) is 10.8. The topological polar surface area (TPSA) is 33.0 Å². The summed E-state index contributed by atoms with van der Waals surface area (Å²) >= 11 is 1.59. The highest BCUT2D eigenvalue weighted by Crippen LogP contribution is 2.29. The molecule has 1 aromatic rings. The maximum Gasteiger partial charge on any atom is 0.186 e. The van der Waals surface area contributed by atoms with Crippen LogP contribution < -0.4 is 0 Å². The predicted molar refractivity (Wildman–Crippen MR) is 61.7 cm³/mol. The summed E-state index contributed by atoms with van der Waals surface area (Å²) in [5.74, 6) is 0. The molecule has 0 saturated carbocycles. The summed E-state index contributed by atoms with van der Waals surface area (Å²) in [4.78, 5) is 0. The fourth-order valence-corrected chi connectivity index (χ4v) is 3.44. The van der Waals surface area contributed by atoms with E-state index in [9.17, 15) is 5.26 Å². The highest BCUT2D eigenvalue weighted by atomic mass is 32.1. The first kappa shape index (κ1) is 11.4. The van der Waals surface area contributed by atoms with E-state index in [2.05, 4.69) is 25.7 Å². The summed E-state index contributed by atoms with van der Waals surface area (Å²) in [5.41, 5.74) is 0.192. The zero-order valence-electron chi connectivity index (χ0n) is 9.00. The van der Waals surface area contributed by atoms with Crippen molar-refractivity contribution in [3.05, 3.63) is 22.4 Å². The lowest BCUT2D eigenvalue weighted by Crippen LogP contribution is -2.37. The smallest absolute Gasteiger partial charge is 0.186 e. The van der Waals surface area contributed by atoms with Crippen LogP contribution in [0.25, 0.3) is 0 Å². The highest BCUT2D eigenvalue weighted by Gasteiger charge is 2.33. The van der Waals surface area contributed by atoms with E-state index in [1.165, 1.54) is 0 Å². The third kappa shape index (κ3) is 2.68. The number of nitrogens with zero attached hydrogens (tertiary/aromatic N) is 1.